The van der Waals surface area contributed by atoms with Crippen molar-refractivity contribution < 1.29 is 24.2 Å². The molecule has 5 atom stereocenters. The normalized spacial score (nSPS) is 28.9. The zero-order valence-corrected chi connectivity index (χ0v) is 24.5. The Morgan fingerprint density at radius 2 is 1.77 bits per heavy atom. The fourth-order valence-electron chi connectivity index (χ4n) is 7.08. The van der Waals surface area contributed by atoms with Gasteiger partial charge in [-0.1, -0.05) is 42.5 Å². The van der Waals surface area contributed by atoms with E-state index in [2.05, 4.69) is 13.2 Å². The van der Waals surface area contributed by atoms with E-state index in [0.29, 0.717) is 51.9 Å². The van der Waals surface area contributed by atoms with Crippen molar-refractivity contribution in [2.75, 3.05) is 26.2 Å². The molecule has 3 amide bonds. The summed E-state index contributed by atoms with van der Waals surface area (Å²) in [5.74, 6) is -2.00. The third kappa shape index (κ3) is 5.12. The highest BCUT2D eigenvalue weighted by Crippen LogP contribution is 2.63. The molecule has 1 aromatic rings. The first-order valence-electron chi connectivity index (χ1n) is 14.4. The van der Waals surface area contributed by atoms with E-state index in [1.54, 1.807) is 26.9 Å². The molecule has 1 aromatic carbocycles. The molecular formula is C32H45N3O5. The minimum atomic E-state index is -1.08. The smallest absolute Gasteiger partial charge is 0.249 e. The Balaban J connectivity index is 1.75. The van der Waals surface area contributed by atoms with Crippen LogP contribution in [0.1, 0.15) is 58.9 Å². The average molecular weight is 552 g/mol. The Morgan fingerprint density at radius 1 is 1.10 bits per heavy atom. The minimum absolute atomic E-state index is 0.00543. The third-order valence-electron chi connectivity index (χ3n) is 8.85. The van der Waals surface area contributed by atoms with Gasteiger partial charge in [-0.05, 0) is 58.9 Å². The van der Waals surface area contributed by atoms with Crippen LogP contribution in [0, 0.1) is 11.8 Å². The highest BCUT2D eigenvalue weighted by molar-refractivity contribution is 5.99. The summed E-state index contributed by atoms with van der Waals surface area (Å²) in [5, 5.41) is 9.42. The van der Waals surface area contributed by atoms with Crippen molar-refractivity contribution in [1.29, 1.82) is 0 Å². The lowest BCUT2D eigenvalue weighted by Crippen LogP contribution is -2.60. The predicted octanol–water partition coefficient (Wildman–Crippen LogP) is 3.55. The second kappa shape index (κ2) is 11.5. The third-order valence-corrected chi connectivity index (χ3v) is 8.85. The number of aliphatic hydroxyl groups is 1. The van der Waals surface area contributed by atoms with Crippen LogP contribution >= 0.6 is 0 Å². The summed E-state index contributed by atoms with van der Waals surface area (Å²) in [4.78, 5) is 48.2. The van der Waals surface area contributed by atoms with Crippen molar-refractivity contribution in [2.24, 2.45) is 11.8 Å². The summed E-state index contributed by atoms with van der Waals surface area (Å²) < 4.78 is 6.81. The molecule has 3 saturated heterocycles. The van der Waals surface area contributed by atoms with E-state index in [-0.39, 0.29) is 24.3 Å². The summed E-state index contributed by atoms with van der Waals surface area (Å²) in [6.45, 7) is 16.9. The molecule has 3 aliphatic rings. The number of fused-ring (bicyclic) bond motifs is 1. The molecule has 0 saturated carbocycles. The van der Waals surface area contributed by atoms with Gasteiger partial charge in [0.05, 0.1) is 17.4 Å². The zero-order chi connectivity index (χ0) is 29.3. The quantitative estimate of drug-likeness (QED) is 0.317. The molecule has 0 radical (unpaired) electrons. The van der Waals surface area contributed by atoms with Crippen molar-refractivity contribution in [3.05, 3.63) is 61.2 Å². The molecule has 0 aliphatic carbocycles. The molecule has 2 bridgehead atoms. The van der Waals surface area contributed by atoms with Crippen LogP contribution < -0.4 is 0 Å². The van der Waals surface area contributed by atoms with E-state index in [9.17, 15) is 19.5 Å². The van der Waals surface area contributed by atoms with Crippen LogP contribution in [0.15, 0.2) is 55.6 Å². The number of nitrogens with zero attached hydrogens (tertiary/aromatic N) is 3. The van der Waals surface area contributed by atoms with E-state index in [0.717, 1.165) is 5.56 Å². The lowest BCUT2D eigenvalue weighted by molar-refractivity contribution is -0.156. The summed E-state index contributed by atoms with van der Waals surface area (Å²) >= 11 is 0. The van der Waals surface area contributed by atoms with E-state index in [1.807, 2.05) is 58.0 Å². The maximum absolute atomic E-state index is 14.4. The Bertz CT molecular complexity index is 1130. The van der Waals surface area contributed by atoms with Gasteiger partial charge in [0.2, 0.25) is 17.7 Å². The number of rotatable bonds is 12. The van der Waals surface area contributed by atoms with Gasteiger partial charge in [0.1, 0.15) is 11.6 Å². The number of hydrogen-bond donors (Lipinski definition) is 1. The number of carbonyl (C=O) groups excluding carboxylic acids is 3. The summed E-state index contributed by atoms with van der Waals surface area (Å²) in [7, 11) is 0. The molecule has 8 heteroatoms. The molecule has 4 rings (SSSR count). The van der Waals surface area contributed by atoms with Crippen LogP contribution in [0.25, 0.3) is 0 Å². The van der Waals surface area contributed by atoms with E-state index in [4.69, 9.17) is 4.74 Å². The van der Waals surface area contributed by atoms with Gasteiger partial charge >= 0.3 is 0 Å². The van der Waals surface area contributed by atoms with Gasteiger partial charge in [0.15, 0.2) is 0 Å². The zero-order valence-electron chi connectivity index (χ0n) is 24.5. The molecule has 2 unspecified atom stereocenters. The molecule has 1 N–H and O–H groups in total. The lowest BCUT2D eigenvalue weighted by Gasteiger charge is -2.42. The molecule has 3 heterocycles. The second-order valence-electron chi connectivity index (χ2n) is 12.6. The standard InChI is InChI=1S/C32H45N3O5/c1-7-18-33(22-23-14-10-9-11-15-23)27(37)24-25-28(38)34(20-12-13-21-36)26(32(25)17-16-31(24,6)40-32)29(39)35(19-8-2)30(3,4)5/h7-11,14-15,24-26,36H,1-2,12-13,16-22H2,3-6H3/t24-,25+,26?,31+,32?/m1/s1. The Kier molecular flexibility index (Phi) is 8.62. The van der Waals surface area contributed by atoms with Crippen LogP contribution in [0.4, 0.5) is 0 Å². The van der Waals surface area contributed by atoms with Crippen LogP contribution in [0.2, 0.25) is 0 Å². The second-order valence-corrected chi connectivity index (χ2v) is 12.6. The highest BCUT2D eigenvalue weighted by Gasteiger charge is 2.78. The average Bonchev–Trinajstić information content (AvgIpc) is 3.47. The monoisotopic (exact) mass is 551 g/mol. The number of carbonyl (C=O) groups is 3. The fraction of sp³-hybridized carbons (Fsp3) is 0.594. The number of amides is 3. The minimum Gasteiger partial charge on any atom is -0.396 e. The molecule has 1 spiro atoms. The summed E-state index contributed by atoms with van der Waals surface area (Å²) in [6, 6.07) is 8.92. The van der Waals surface area contributed by atoms with Crippen molar-refractivity contribution in [2.45, 2.75) is 82.7 Å². The van der Waals surface area contributed by atoms with Gasteiger partial charge in [0, 0.05) is 38.3 Å². The molecule has 8 nitrogen and oxygen atoms in total. The van der Waals surface area contributed by atoms with Crippen LogP contribution in [0.3, 0.4) is 0 Å². The molecular weight excluding hydrogens is 506 g/mol. The molecule has 40 heavy (non-hydrogen) atoms. The first kappa shape index (κ1) is 30.0. The number of ether oxygens (including phenoxy) is 1. The van der Waals surface area contributed by atoms with E-state index in [1.165, 1.54) is 0 Å². The molecule has 3 aliphatic heterocycles. The van der Waals surface area contributed by atoms with Crippen LogP contribution in [0.5, 0.6) is 0 Å². The van der Waals surface area contributed by atoms with E-state index >= 15 is 0 Å². The number of likely N-dealkylation sites (tertiary alicyclic amines) is 1. The first-order chi connectivity index (χ1) is 18.9. The van der Waals surface area contributed by atoms with Gasteiger partial charge in [-0.3, -0.25) is 14.4 Å². The van der Waals surface area contributed by atoms with Gasteiger partial charge < -0.3 is 24.5 Å². The SMILES string of the molecule is C=CCN(Cc1ccccc1)C(=O)[C@H]1[C@H]2C(=O)N(CCCCO)C(C(=O)N(CC=C)C(C)(C)C)C23CC[C@]1(C)O3. The number of unbranched alkanes of at least 4 members (excludes halogenated alkanes) is 1. The van der Waals surface area contributed by atoms with Crippen LogP contribution in [-0.4, -0.2) is 86.6 Å². The van der Waals surface area contributed by atoms with Crippen molar-refractivity contribution in [3.63, 3.8) is 0 Å². The Morgan fingerprint density at radius 3 is 2.38 bits per heavy atom. The summed E-state index contributed by atoms with van der Waals surface area (Å²) in [6.07, 6.45) is 5.59. The van der Waals surface area contributed by atoms with Gasteiger partial charge in [-0.15, -0.1) is 13.2 Å². The van der Waals surface area contributed by atoms with Crippen molar-refractivity contribution in [1.82, 2.24) is 14.7 Å². The lowest BCUT2D eigenvalue weighted by atomic mass is 9.66. The molecule has 218 valence electrons. The molecule has 0 aromatic heterocycles. The van der Waals surface area contributed by atoms with Crippen molar-refractivity contribution in [3.8, 4) is 0 Å². The number of benzene rings is 1. The van der Waals surface area contributed by atoms with Gasteiger partial charge in [-0.2, -0.15) is 0 Å². The largest absolute Gasteiger partial charge is 0.396 e. The Labute approximate surface area is 238 Å². The maximum Gasteiger partial charge on any atom is 0.249 e. The maximum atomic E-state index is 14.4. The molecule has 3 fully saturated rings. The topological polar surface area (TPSA) is 90.4 Å². The van der Waals surface area contributed by atoms with Gasteiger partial charge in [-0.25, -0.2) is 0 Å². The number of hydrogen-bond acceptors (Lipinski definition) is 5. The predicted molar refractivity (Wildman–Crippen MR) is 154 cm³/mol. The first-order valence-corrected chi connectivity index (χ1v) is 14.4. The highest BCUT2D eigenvalue weighted by atomic mass is 16.5. The number of aliphatic hydroxyl groups excluding tert-OH is 1. The van der Waals surface area contributed by atoms with Gasteiger partial charge in [0.25, 0.3) is 0 Å². The van der Waals surface area contributed by atoms with Crippen molar-refractivity contribution >= 4 is 17.7 Å². The van der Waals surface area contributed by atoms with E-state index < -0.39 is 34.6 Å². The fourth-order valence-corrected chi connectivity index (χ4v) is 7.08. The Hall–Kier alpha value is -2.97. The summed E-state index contributed by atoms with van der Waals surface area (Å²) in [5.41, 5.74) is -1.46. The van der Waals surface area contributed by atoms with Crippen LogP contribution in [-0.2, 0) is 25.7 Å².